The van der Waals surface area contributed by atoms with E-state index in [-0.39, 0.29) is 30.4 Å². The summed E-state index contributed by atoms with van der Waals surface area (Å²) in [5.74, 6) is 1.12. The van der Waals surface area contributed by atoms with E-state index in [0.717, 1.165) is 29.7 Å². The topological polar surface area (TPSA) is 49.9 Å². The molecule has 0 unspecified atom stereocenters. The summed E-state index contributed by atoms with van der Waals surface area (Å²) in [5, 5.41) is 2.09. The molecule has 2 heterocycles. The Bertz CT molecular complexity index is 1200. The lowest BCUT2D eigenvalue weighted by Crippen LogP contribution is -2.49. The van der Waals surface area contributed by atoms with E-state index in [0.29, 0.717) is 24.6 Å². The number of ether oxygens (including phenoxy) is 1. The van der Waals surface area contributed by atoms with Crippen LogP contribution in [-0.4, -0.2) is 47.4 Å². The van der Waals surface area contributed by atoms with E-state index in [4.69, 9.17) is 4.74 Å². The van der Waals surface area contributed by atoms with Gasteiger partial charge in [0.25, 0.3) is 5.91 Å². The summed E-state index contributed by atoms with van der Waals surface area (Å²) in [5.41, 5.74) is 4.14. The molecule has 3 aromatic rings. The number of benzene rings is 2. The fourth-order valence-corrected chi connectivity index (χ4v) is 5.67. The van der Waals surface area contributed by atoms with Crippen LogP contribution in [0.1, 0.15) is 78.0 Å². The molecule has 0 bridgehead atoms. The Hall–Kier alpha value is -3.12. The zero-order valence-electron chi connectivity index (χ0n) is 22.6. The lowest BCUT2D eigenvalue weighted by molar-refractivity contribution is -0.136. The van der Waals surface area contributed by atoms with Crippen LogP contribution in [-0.2, 0) is 11.2 Å². The van der Waals surface area contributed by atoms with E-state index < -0.39 is 0 Å². The molecule has 37 heavy (non-hydrogen) atoms. The number of amides is 2. The molecule has 0 radical (unpaired) electrons. The van der Waals surface area contributed by atoms with Crippen LogP contribution in [0.4, 0.5) is 0 Å². The van der Waals surface area contributed by atoms with Gasteiger partial charge in [-0.25, -0.2) is 0 Å². The van der Waals surface area contributed by atoms with Gasteiger partial charge in [0.1, 0.15) is 18.9 Å². The Morgan fingerprint density at radius 1 is 1.05 bits per heavy atom. The van der Waals surface area contributed by atoms with E-state index >= 15 is 0 Å². The maximum Gasteiger partial charge on any atom is 0.254 e. The summed E-state index contributed by atoms with van der Waals surface area (Å²) in [6, 6.07) is 17.7. The first kappa shape index (κ1) is 26.9. The van der Waals surface area contributed by atoms with Crippen molar-refractivity contribution >= 4 is 23.2 Å². The van der Waals surface area contributed by atoms with Crippen molar-refractivity contribution in [3.8, 4) is 5.75 Å². The highest BCUT2D eigenvalue weighted by atomic mass is 32.1. The molecule has 1 aromatic heterocycles. The number of nitrogens with zero attached hydrogens (tertiary/aromatic N) is 2. The van der Waals surface area contributed by atoms with Gasteiger partial charge in [-0.1, -0.05) is 50.6 Å². The number of hydrogen-bond donors (Lipinski definition) is 0. The number of carbonyl (C=O) groups excluding carboxylic acids is 2. The second kappa shape index (κ2) is 12.0. The first-order chi connectivity index (χ1) is 17.8. The van der Waals surface area contributed by atoms with Crippen molar-refractivity contribution in [1.29, 1.82) is 0 Å². The minimum Gasteiger partial charge on any atom is -0.491 e. The smallest absolute Gasteiger partial charge is 0.254 e. The largest absolute Gasteiger partial charge is 0.491 e. The van der Waals surface area contributed by atoms with Gasteiger partial charge in [-0.2, -0.15) is 0 Å². The third-order valence-corrected chi connectivity index (χ3v) is 8.35. The van der Waals surface area contributed by atoms with Crippen LogP contribution in [0, 0.1) is 6.92 Å². The van der Waals surface area contributed by atoms with Crippen LogP contribution in [0.5, 0.6) is 5.75 Å². The summed E-state index contributed by atoms with van der Waals surface area (Å²) in [6.45, 7) is 11.5. The predicted molar refractivity (Wildman–Crippen MR) is 150 cm³/mol. The van der Waals surface area contributed by atoms with Gasteiger partial charge >= 0.3 is 0 Å². The van der Waals surface area contributed by atoms with E-state index in [1.54, 1.807) is 16.2 Å². The highest BCUT2D eigenvalue weighted by Crippen LogP contribution is 2.34. The molecule has 0 saturated carbocycles. The fourth-order valence-electron chi connectivity index (χ4n) is 4.75. The minimum absolute atomic E-state index is 0.0404. The van der Waals surface area contributed by atoms with Crippen molar-refractivity contribution in [3.63, 3.8) is 0 Å². The monoisotopic (exact) mass is 518 g/mol. The average molecular weight is 519 g/mol. The molecule has 0 N–H and O–H groups in total. The number of aryl methyl sites for hydroxylation is 1. The maximum absolute atomic E-state index is 13.8. The van der Waals surface area contributed by atoms with Crippen molar-refractivity contribution in [2.45, 2.75) is 65.5 Å². The van der Waals surface area contributed by atoms with Crippen molar-refractivity contribution in [2.24, 2.45) is 0 Å². The van der Waals surface area contributed by atoms with Crippen molar-refractivity contribution in [2.75, 3.05) is 19.7 Å². The van der Waals surface area contributed by atoms with Gasteiger partial charge in [0, 0.05) is 23.0 Å². The second-order valence-electron chi connectivity index (χ2n) is 10.2. The van der Waals surface area contributed by atoms with E-state index in [1.165, 1.54) is 10.4 Å². The summed E-state index contributed by atoms with van der Waals surface area (Å²) in [4.78, 5) is 32.1. The van der Waals surface area contributed by atoms with Crippen LogP contribution in [0.2, 0.25) is 0 Å². The van der Waals surface area contributed by atoms with Crippen LogP contribution < -0.4 is 4.74 Å². The van der Waals surface area contributed by atoms with Crippen molar-refractivity contribution in [3.05, 3.63) is 87.1 Å². The fraction of sp³-hybridized carbons (Fsp3) is 0.419. The maximum atomic E-state index is 13.8. The zero-order valence-corrected chi connectivity index (χ0v) is 23.4. The van der Waals surface area contributed by atoms with Gasteiger partial charge in [0.05, 0.1) is 6.04 Å². The molecule has 5 nitrogen and oxygen atoms in total. The predicted octanol–water partition coefficient (Wildman–Crippen LogP) is 6.63. The first-order valence-electron chi connectivity index (χ1n) is 13.2. The molecule has 196 valence electrons. The highest BCUT2D eigenvalue weighted by Gasteiger charge is 2.34. The third kappa shape index (κ3) is 6.24. The molecule has 0 spiro atoms. The van der Waals surface area contributed by atoms with Gasteiger partial charge in [0.2, 0.25) is 5.91 Å². The normalized spacial score (nSPS) is 15.8. The standard InChI is InChI=1S/C31H38N2O3S/c1-6-23(5)33(31(35)25-9-7-22(4)8-10-25)19-30(34)32-17-15-29-27(16-18-37-29)28(32)20-36-26-13-11-24(12-14-26)21(2)3/h7-14,16,18,21,23,28H,6,15,17,19-20H2,1-5H3/t23-,28-/m0/s1. The quantitative estimate of drug-likeness (QED) is 0.320. The van der Waals surface area contributed by atoms with E-state index in [2.05, 4.69) is 37.4 Å². The summed E-state index contributed by atoms with van der Waals surface area (Å²) in [6.07, 6.45) is 1.60. The van der Waals surface area contributed by atoms with Gasteiger partial charge in [-0.15, -0.1) is 11.3 Å². The Labute approximate surface area is 225 Å². The molecule has 6 heteroatoms. The lowest BCUT2D eigenvalue weighted by Gasteiger charge is -2.38. The second-order valence-corrected chi connectivity index (χ2v) is 11.2. The Balaban J connectivity index is 1.52. The number of thiophene rings is 1. The number of fused-ring (bicyclic) bond motifs is 1. The van der Waals surface area contributed by atoms with Gasteiger partial charge < -0.3 is 14.5 Å². The van der Waals surface area contributed by atoms with Crippen molar-refractivity contribution < 1.29 is 14.3 Å². The number of rotatable bonds is 9. The zero-order chi connectivity index (χ0) is 26.5. The Kier molecular flexibility index (Phi) is 8.70. The summed E-state index contributed by atoms with van der Waals surface area (Å²) >= 11 is 1.74. The lowest BCUT2D eigenvalue weighted by atomic mass is 10.00. The first-order valence-corrected chi connectivity index (χ1v) is 14.1. The Morgan fingerprint density at radius 2 is 1.76 bits per heavy atom. The molecule has 0 fully saturated rings. The number of hydrogen-bond acceptors (Lipinski definition) is 4. The van der Waals surface area contributed by atoms with E-state index in [1.807, 2.05) is 62.1 Å². The van der Waals surface area contributed by atoms with Crippen LogP contribution in [0.15, 0.2) is 60.0 Å². The molecular weight excluding hydrogens is 480 g/mol. The molecule has 0 saturated heterocycles. The molecule has 1 aliphatic rings. The third-order valence-electron chi connectivity index (χ3n) is 7.36. The summed E-state index contributed by atoms with van der Waals surface area (Å²) in [7, 11) is 0. The molecule has 2 aromatic carbocycles. The van der Waals surface area contributed by atoms with Gasteiger partial charge in [-0.3, -0.25) is 9.59 Å². The molecule has 2 atom stereocenters. The van der Waals surface area contributed by atoms with Crippen molar-refractivity contribution in [1.82, 2.24) is 9.80 Å². The average Bonchev–Trinajstić information content (AvgIpc) is 3.39. The van der Waals surface area contributed by atoms with Crippen LogP contribution in [0.25, 0.3) is 0 Å². The van der Waals surface area contributed by atoms with Gasteiger partial charge in [-0.05, 0) is 79.4 Å². The van der Waals surface area contributed by atoms with E-state index in [9.17, 15) is 9.59 Å². The molecule has 2 amide bonds. The molecule has 4 rings (SSSR count). The molecule has 1 aliphatic heterocycles. The van der Waals surface area contributed by atoms with Gasteiger partial charge in [0.15, 0.2) is 0 Å². The SMILES string of the molecule is CC[C@H](C)N(CC(=O)N1CCc2sccc2[C@@H]1COc1ccc(C(C)C)cc1)C(=O)c1ccc(C)cc1. The minimum atomic E-state index is -0.180. The number of carbonyl (C=O) groups is 2. The molecule has 0 aliphatic carbocycles. The molecular formula is C31H38N2O3S. The summed E-state index contributed by atoms with van der Waals surface area (Å²) < 4.78 is 6.22. The Morgan fingerprint density at radius 3 is 2.41 bits per heavy atom. The highest BCUT2D eigenvalue weighted by molar-refractivity contribution is 7.10. The van der Waals surface area contributed by atoms with Crippen LogP contribution >= 0.6 is 11.3 Å². The van der Waals surface area contributed by atoms with Crippen LogP contribution in [0.3, 0.4) is 0 Å².